The zero-order valence-corrected chi connectivity index (χ0v) is 16.0. The first kappa shape index (κ1) is 19.7. The van der Waals surface area contributed by atoms with E-state index in [4.69, 9.17) is 21.6 Å². The van der Waals surface area contributed by atoms with Gasteiger partial charge in [0.1, 0.15) is 6.07 Å². The topological polar surface area (TPSA) is 108 Å². The summed E-state index contributed by atoms with van der Waals surface area (Å²) in [5.74, 6) is -1.57. The van der Waals surface area contributed by atoms with Gasteiger partial charge in [0, 0.05) is 9.92 Å². The average molecular weight is 416 g/mol. The van der Waals surface area contributed by atoms with Crippen LogP contribution in [-0.2, 0) is 19.1 Å². The molecule has 142 valence electrons. The van der Waals surface area contributed by atoms with Crippen molar-refractivity contribution in [2.24, 2.45) is 0 Å². The van der Waals surface area contributed by atoms with Crippen LogP contribution in [-0.4, -0.2) is 29.6 Å². The Balaban J connectivity index is 1.52. The van der Waals surface area contributed by atoms with Crippen molar-refractivity contribution in [3.63, 3.8) is 0 Å². The lowest BCUT2D eigenvalue weighted by Crippen LogP contribution is -2.32. The molecule has 0 saturated heterocycles. The van der Waals surface area contributed by atoms with E-state index in [1.54, 1.807) is 6.07 Å². The molecule has 0 radical (unpaired) electrons. The molecule has 2 N–H and O–H groups in total. The minimum absolute atomic E-state index is 0.168. The molecule has 3 rings (SSSR count). The Hall–Kier alpha value is -3.02. The number of carbonyl (C=O) groups is 3. The molecule has 2 amide bonds. The van der Waals surface area contributed by atoms with Crippen LogP contribution in [0.4, 0.5) is 11.4 Å². The summed E-state index contributed by atoms with van der Waals surface area (Å²) in [4.78, 5) is 37.0. The number of nitriles is 1. The summed E-state index contributed by atoms with van der Waals surface area (Å²) in [7, 11) is 0. The zero-order chi connectivity index (χ0) is 20.1. The number of amides is 2. The second-order valence-corrected chi connectivity index (χ2v) is 7.49. The van der Waals surface area contributed by atoms with Crippen LogP contribution in [0.15, 0.2) is 47.4 Å². The number of anilines is 2. The number of rotatable bonds is 5. The largest absolute Gasteiger partial charge is 0.456 e. The summed E-state index contributed by atoms with van der Waals surface area (Å²) in [6, 6.07) is 13.6. The number of esters is 1. The fourth-order valence-corrected chi connectivity index (χ4v) is 3.75. The Morgan fingerprint density at radius 1 is 1.29 bits per heavy atom. The quantitative estimate of drug-likeness (QED) is 0.726. The number of carbonyl (C=O) groups excluding carboxylic acids is 3. The Kier molecular flexibility index (Phi) is 6.19. The van der Waals surface area contributed by atoms with Gasteiger partial charge in [-0.1, -0.05) is 23.7 Å². The van der Waals surface area contributed by atoms with Gasteiger partial charge in [-0.3, -0.25) is 14.4 Å². The molecule has 1 heterocycles. The van der Waals surface area contributed by atoms with Crippen LogP contribution in [0, 0.1) is 11.3 Å². The summed E-state index contributed by atoms with van der Waals surface area (Å²) in [6.07, 6.45) is -0.168. The lowest BCUT2D eigenvalue weighted by molar-refractivity contribution is -0.147. The summed E-state index contributed by atoms with van der Waals surface area (Å²) in [5.41, 5.74) is 1.17. The summed E-state index contributed by atoms with van der Waals surface area (Å²) < 4.78 is 4.96. The molecule has 0 fully saturated rings. The first-order valence-corrected chi connectivity index (χ1v) is 9.43. The van der Waals surface area contributed by atoms with E-state index in [2.05, 4.69) is 10.6 Å². The Morgan fingerprint density at radius 2 is 2.07 bits per heavy atom. The standard InChI is InChI=1S/C19H14ClN3O4S/c20-12-6-5-11(9-21)14(7-12)22-17(24)10-27-18(25)8-16-19(26)23-13-3-1-2-4-15(13)28-16/h1-7,16H,8,10H2,(H,22,24)(H,23,26)/t16-/m1/s1. The van der Waals surface area contributed by atoms with Gasteiger partial charge in [-0.2, -0.15) is 5.26 Å². The highest BCUT2D eigenvalue weighted by molar-refractivity contribution is 8.01. The molecule has 7 nitrogen and oxygen atoms in total. The third-order valence-electron chi connectivity index (χ3n) is 3.80. The maximum atomic E-state index is 12.1. The van der Waals surface area contributed by atoms with Crippen LogP contribution in [0.3, 0.4) is 0 Å². The van der Waals surface area contributed by atoms with Gasteiger partial charge in [0.2, 0.25) is 5.91 Å². The van der Waals surface area contributed by atoms with Gasteiger partial charge in [0.25, 0.3) is 5.91 Å². The summed E-state index contributed by atoms with van der Waals surface area (Å²) >= 11 is 7.13. The van der Waals surface area contributed by atoms with Crippen LogP contribution in [0.1, 0.15) is 12.0 Å². The lowest BCUT2D eigenvalue weighted by atomic mass is 10.2. The molecule has 0 unspecified atom stereocenters. The molecule has 2 aromatic rings. The molecule has 0 saturated carbocycles. The lowest BCUT2D eigenvalue weighted by Gasteiger charge is -2.23. The van der Waals surface area contributed by atoms with Crippen LogP contribution in [0.25, 0.3) is 0 Å². The number of ether oxygens (including phenoxy) is 1. The number of para-hydroxylation sites is 1. The molecule has 0 bridgehead atoms. The number of hydrogen-bond acceptors (Lipinski definition) is 6. The smallest absolute Gasteiger partial charge is 0.307 e. The Morgan fingerprint density at radius 3 is 2.86 bits per heavy atom. The maximum Gasteiger partial charge on any atom is 0.307 e. The third-order valence-corrected chi connectivity index (χ3v) is 5.31. The zero-order valence-electron chi connectivity index (χ0n) is 14.4. The van der Waals surface area contributed by atoms with Gasteiger partial charge in [0.05, 0.1) is 28.6 Å². The first-order valence-electron chi connectivity index (χ1n) is 8.18. The number of nitrogens with one attached hydrogen (secondary N) is 2. The van der Waals surface area contributed by atoms with Crippen molar-refractivity contribution in [2.45, 2.75) is 16.6 Å². The highest BCUT2D eigenvalue weighted by Gasteiger charge is 2.29. The van der Waals surface area contributed by atoms with Crippen molar-refractivity contribution >= 4 is 52.5 Å². The number of thioether (sulfide) groups is 1. The highest BCUT2D eigenvalue weighted by Crippen LogP contribution is 2.36. The molecule has 28 heavy (non-hydrogen) atoms. The molecule has 1 atom stereocenters. The molecule has 1 aliphatic rings. The molecule has 0 aromatic heterocycles. The molecule has 0 spiro atoms. The first-order chi connectivity index (χ1) is 13.5. The second-order valence-electron chi connectivity index (χ2n) is 5.81. The van der Waals surface area contributed by atoms with Gasteiger partial charge >= 0.3 is 5.97 Å². The van der Waals surface area contributed by atoms with Crippen LogP contribution in [0.2, 0.25) is 5.02 Å². The van der Waals surface area contributed by atoms with Crippen molar-refractivity contribution in [1.82, 2.24) is 0 Å². The molecule has 2 aromatic carbocycles. The van der Waals surface area contributed by atoms with Gasteiger partial charge in [0.15, 0.2) is 6.61 Å². The normalized spacial score (nSPS) is 15.0. The molecule has 1 aliphatic heterocycles. The minimum Gasteiger partial charge on any atom is -0.456 e. The molecule has 0 aliphatic carbocycles. The predicted molar refractivity (Wildman–Crippen MR) is 105 cm³/mol. The van der Waals surface area contributed by atoms with E-state index in [1.165, 1.54) is 30.0 Å². The van der Waals surface area contributed by atoms with E-state index in [0.717, 1.165) is 4.90 Å². The Bertz CT molecular complexity index is 989. The number of halogens is 1. The number of fused-ring (bicyclic) bond motifs is 1. The van der Waals surface area contributed by atoms with Crippen LogP contribution < -0.4 is 10.6 Å². The van der Waals surface area contributed by atoms with E-state index >= 15 is 0 Å². The van der Waals surface area contributed by atoms with Crippen molar-refractivity contribution in [1.29, 1.82) is 5.26 Å². The van der Waals surface area contributed by atoms with E-state index in [0.29, 0.717) is 10.7 Å². The summed E-state index contributed by atoms with van der Waals surface area (Å²) in [6.45, 7) is -0.536. The number of benzene rings is 2. The summed E-state index contributed by atoms with van der Waals surface area (Å²) in [5, 5.41) is 14.0. The van der Waals surface area contributed by atoms with E-state index in [-0.39, 0.29) is 23.6 Å². The van der Waals surface area contributed by atoms with E-state index < -0.39 is 23.7 Å². The van der Waals surface area contributed by atoms with Gasteiger partial charge in [-0.15, -0.1) is 11.8 Å². The van der Waals surface area contributed by atoms with Crippen molar-refractivity contribution in [3.8, 4) is 6.07 Å². The second kappa shape index (κ2) is 8.78. The monoisotopic (exact) mass is 415 g/mol. The van der Waals surface area contributed by atoms with Crippen LogP contribution in [0.5, 0.6) is 0 Å². The van der Waals surface area contributed by atoms with Gasteiger partial charge in [-0.25, -0.2) is 0 Å². The predicted octanol–water partition coefficient (Wildman–Crippen LogP) is 3.20. The van der Waals surface area contributed by atoms with Crippen LogP contribution >= 0.6 is 23.4 Å². The van der Waals surface area contributed by atoms with Crippen molar-refractivity contribution in [2.75, 3.05) is 17.2 Å². The van der Waals surface area contributed by atoms with E-state index in [1.807, 2.05) is 24.3 Å². The molecular weight excluding hydrogens is 402 g/mol. The average Bonchev–Trinajstić information content (AvgIpc) is 2.67. The van der Waals surface area contributed by atoms with Gasteiger partial charge in [-0.05, 0) is 30.3 Å². The SMILES string of the molecule is N#Cc1ccc(Cl)cc1NC(=O)COC(=O)C[C@H]1Sc2ccccc2NC1=O. The molecule has 9 heteroatoms. The minimum atomic E-state index is -0.672. The number of nitrogens with zero attached hydrogens (tertiary/aromatic N) is 1. The maximum absolute atomic E-state index is 12.1. The van der Waals surface area contributed by atoms with Gasteiger partial charge < -0.3 is 15.4 Å². The highest BCUT2D eigenvalue weighted by atomic mass is 35.5. The number of hydrogen-bond donors (Lipinski definition) is 2. The Labute approximate surface area is 170 Å². The third kappa shape index (κ3) is 4.82. The van der Waals surface area contributed by atoms with Crippen molar-refractivity contribution < 1.29 is 19.1 Å². The van der Waals surface area contributed by atoms with E-state index in [9.17, 15) is 14.4 Å². The fourth-order valence-electron chi connectivity index (χ4n) is 2.49. The van der Waals surface area contributed by atoms with Crippen molar-refractivity contribution in [3.05, 3.63) is 53.1 Å². The fraction of sp³-hybridized carbons (Fsp3) is 0.158. The molecular formula is C19H14ClN3O4S.